The third kappa shape index (κ3) is 2.83. The lowest BCUT2D eigenvalue weighted by Gasteiger charge is -2.26. The second-order valence-electron chi connectivity index (χ2n) is 4.52. The highest BCUT2D eigenvalue weighted by Gasteiger charge is 2.18. The van der Waals surface area contributed by atoms with E-state index < -0.39 is 0 Å². The van der Waals surface area contributed by atoms with E-state index >= 15 is 0 Å². The zero-order valence-electron chi connectivity index (χ0n) is 9.89. The Morgan fingerprint density at radius 1 is 1.44 bits per heavy atom. The quantitative estimate of drug-likeness (QED) is 0.809. The minimum atomic E-state index is -0.0702. The van der Waals surface area contributed by atoms with Gasteiger partial charge in [0, 0.05) is 25.3 Å². The lowest BCUT2D eigenvalue weighted by Crippen LogP contribution is -2.34. The van der Waals surface area contributed by atoms with Crippen LogP contribution in [0.5, 0.6) is 0 Å². The van der Waals surface area contributed by atoms with Crippen molar-refractivity contribution < 1.29 is 5.11 Å². The molecule has 90 valence electrons. The molecule has 0 spiro atoms. The van der Waals surface area contributed by atoms with Crippen LogP contribution in [-0.2, 0) is 13.1 Å². The van der Waals surface area contributed by atoms with Crippen LogP contribution in [0.15, 0.2) is 12.3 Å². The van der Waals surface area contributed by atoms with E-state index in [1.54, 1.807) is 0 Å². The number of aromatic nitrogens is 2. The topological polar surface area (TPSA) is 50.1 Å². The van der Waals surface area contributed by atoms with Crippen molar-refractivity contribution >= 4 is 0 Å². The molecular weight excluding hydrogens is 202 g/mol. The second-order valence-corrected chi connectivity index (χ2v) is 4.52. The molecule has 0 bridgehead atoms. The van der Waals surface area contributed by atoms with E-state index in [0.29, 0.717) is 6.04 Å². The summed E-state index contributed by atoms with van der Waals surface area (Å²) in [4.78, 5) is 0. The first-order chi connectivity index (χ1) is 7.79. The molecule has 0 amide bonds. The van der Waals surface area contributed by atoms with E-state index in [9.17, 15) is 5.11 Å². The van der Waals surface area contributed by atoms with Crippen molar-refractivity contribution in [1.82, 2.24) is 15.1 Å². The summed E-state index contributed by atoms with van der Waals surface area (Å²) in [6.07, 6.45) is 5.82. The fourth-order valence-corrected chi connectivity index (χ4v) is 2.32. The first-order valence-corrected chi connectivity index (χ1v) is 6.21. The SMILES string of the molecule is CCn1nccc1CNC1CCC(O)CC1. The third-order valence-corrected chi connectivity index (χ3v) is 3.37. The molecule has 1 fully saturated rings. The lowest BCUT2D eigenvalue weighted by molar-refractivity contribution is 0.116. The van der Waals surface area contributed by atoms with Crippen molar-refractivity contribution in [1.29, 1.82) is 0 Å². The highest BCUT2D eigenvalue weighted by atomic mass is 16.3. The van der Waals surface area contributed by atoms with Crippen LogP contribution in [0.4, 0.5) is 0 Å². The number of rotatable bonds is 4. The Morgan fingerprint density at radius 3 is 2.88 bits per heavy atom. The second kappa shape index (κ2) is 5.46. The molecule has 4 nitrogen and oxygen atoms in total. The van der Waals surface area contributed by atoms with Crippen LogP contribution in [0.1, 0.15) is 38.3 Å². The van der Waals surface area contributed by atoms with Gasteiger partial charge in [-0.3, -0.25) is 4.68 Å². The molecule has 0 atom stereocenters. The molecule has 4 heteroatoms. The summed E-state index contributed by atoms with van der Waals surface area (Å²) in [5, 5.41) is 17.2. The van der Waals surface area contributed by atoms with E-state index in [4.69, 9.17) is 0 Å². The first-order valence-electron chi connectivity index (χ1n) is 6.21. The van der Waals surface area contributed by atoms with Crippen molar-refractivity contribution in [3.8, 4) is 0 Å². The van der Waals surface area contributed by atoms with Crippen molar-refractivity contribution in [2.75, 3.05) is 0 Å². The van der Waals surface area contributed by atoms with Crippen LogP contribution in [0.2, 0.25) is 0 Å². The Labute approximate surface area is 96.7 Å². The summed E-state index contributed by atoms with van der Waals surface area (Å²) < 4.78 is 2.02. The highest BCUT2D eigenvalue weighted by Crippen LogP contribution is 2.18. The number of aryl methyl sites for hydroxylation is 1. The van der Waals surface area contributed by atoms with E-state index in [1.807, 2.05) is 10.9 Å². The first kappa shape index (κ1) is 11.6. The van der Waals surface area contributed by atoms with Gasteiger partial charge in [-0.15, -0.1) is 0 Å². The Hall–Kier alpha value is -0.870. The van der Waals surface area contributed by atoms with Crippen LogP contribution in [0, 0.1) is 0 Å². The van der Waals surface area contributed by atoms with E-state index in [1.165, 1.54) is 5.69 Å². The lowest BCUT2D eigenvalue weighted by atomic mass is 9.93. The highest BCUT2D eigenvalue weighted by molar-refractivity contribution is 5.00. The maximum Gasteiger partial charge on any atom is 0.0541 e. The Bertz CT molecular complexity index is 316. The maximum absolute atomic E-state index is 9.42. The molecule has 1 aromatic heterocycles. The van der Waals surface area contributed by atoms with Gasteiger partial charge in [0.2, 0.25) is 0 Å². The van der Waals surface area contributed by atoms with Gasteiger partial charge in [-0.2, -0.15) is 5.10 Å². The predicted octanol–water partition coefficient (Wildman–Crippen LogP) is 1.30. The van der Waals surface area contributed by atoms with E-state index in [-0.39, 0.29) is 6.10 Å². The maximum atomic E-state index is 9.42. The Morgan fingerprint density at radius 2 is 2.19 bits per heavy atom. The minimum absolute atomic E-state index is 0.0702. The molecular formula is C12H21N3O. The molecule has 2 N–H and O–H groups in total. The number of nitrogens with zero attached hydrogens (tertiary/aromatic N) is 2. The molecule has 0 aliphatic heterocycles. The number of aliphatic hydroxyl groups is 1. The summed E-state index contributed by atoms with van der Waals surface area (Å²) in [7, 11) is 0. The fourth-order valence-electron chi connectivity index (χ4n) is 2.32. The zero-order chi connectivity index (χ0) is 11.4. The summed E-state index contributed by atoms with van der Waals surface area (Å²) in [6, 6.07) is 2.62. The molecule has 2 rings (SSSR count). The van der Waals surface area contributed by atoms with Gasteiger partial charge in [0.1, 0.15) is 0 Å². The van der Waals surface area contributed by atoms with Gasteiger partial charge in [0.05, 0.1) is 11.8 Å². The molecule has 0 saturated heterocycles. The van der Waals surface area contributed by atoms with Gasteiger partial charge < -0.3 is 10.4 Å². The number of hydrogen-bond donors (Lipinski definition) is 2. The summed E-state index contributed by atoms with van der Waals surface area (Å²) in [6.45, 7) is 3.91. The Kier molecular flexibility index (Phi) is 3.96. The largest absolute Gasteiger partial charge is 0.393 e. The standard InChI is InChI=1S/C12H21N3O/c1-2-15-11(7-8-14-15)9-13-10-3-5-12(16)6-4-10/h7-8,10,12-13,16H,2-6,9H2,1H3. The van der Waals surface area contributed by atoms with Gasteiger partial charge in [-0.05, 0) is 38.7 Å². The fraction of sp³-hybridized carbons (Fsp3) is 0.750. The van der Waals surface area contributed by atoms with Crippen molar-refractivity contribution in [2.24, 2.45) is 0 Å². The molecule has 0 unspecified atom stereocenters. The van der Waals surface area contributed by atoms with Gasteiger partial charge in [-0.1, -0.05) is 0 Å². The molecule has 0 aromatic carbocycles. The van der Waals surface area contributed by atoms with Crippen LogP contribution < -0.4 is 5.32 Å². The zero-order valence-corrected chi connectivity index (χ0v) is 9.89. The van der Waals surface area contributed by atoms with Crippen LogP contribution in [-0.4, -0.2) is 27.0 Å². The van der Waals surface area contributed by atoms with Crippen molar-refractivity contribution in [3.63, 3.8) is 0 Å². The van der Waals surface area contributed by atoms with Crippen LogP contribution in [0.3, 0.4) is 0 Å². The normalized spacial score (nSPS) is 25.9. The van der Waals surface area contributed by atoms with Crippen molar-refractivity contribution in [3.05, 3.63) is 18.0 Å². The summed E-state index contributed by atoms with van der Waals surface area (Å²) in [5.41, 5.74) is 1.24. The van der Waals surface area contributed by atoms with Gasteiger partial charge in [0.15, 0.2) is 0 Å². The molecule has 1 aromatic rings. The van der Waals surface area contributed by atoms with Crippen LogP contribution >= 0.6 is 0 Å². The third-order valence-electron chi connectivity index (χ3n) is 3.37. The average molecular weight is 223 g/mol. The van der Waals surface area contributed by atoms with E-state index in [0.717, 1.165) is 38.8 Å². The predicted molar refractivity (Wildman–Crippen MR) is 63.0 cm³/mol. The molecule has 1 aliphatic carbocycles. The molecule has 1 saturated carbocycles. The van der Waals surface area contributed by atoms with Crippen molar-refractivity contribution in [2.45, 2.75) is 57.8 Å². The molecule has 0 radical (unpaired) electrons. The number of nitrogens with one attached hydrogen (secondary N) is 1. The monoisotopic (exact) mass is 223 g/mol. The number of aliphatic hydroxyl groups excluding tert-OH is 1. The molecule has 1 aliphatic rings. The summed E-state index contributed by atoms with van der Waals surface area (Å²) >= 11 is 0. The minimum Gasteiger partial charge on any atom is -0.393 e. The Balaban J connectivity index is 1.79. The van der Waals surface area contributed by atoms with Gasteiger partial charge >= 0.3 is 0 Å². The van der Waals surface area contributed by atoms with Crippen LogP contribution in [0.25, 0.3) is 0 Å². The summed E-state index contributed by atoms with van der Waals surface area (Å²) in [5.74, 6) is 0. The molecule has 1 heterocycles. The molecule has 16 heavy (non-hydrogen) atoms. The van der Waals surface area contributed by atoms with E-state index in [2.05, 4.69) is 23.4 Å². The average Bonchev–Trinajstić information content (AvgIpc) is 2.76. The van der Waals surface area contributed by atoms with Gasteiger partial charge in [-0.25, -0.2) is 0 Å². The smallest absolute Gasteiger partial charge is 0.0541 e. The number of hydrogen-bond acceptors (Lipinski definition) is 3. The van der Waals surface area contributed by atoms with Gasteiger partial charge in [0.25, 0.3) is 0 Å².